The minimum atomic E-state index is -0.0891. The summed E-state index contributed by atoms with van der Waals surface area (Å²) in [6, 6.07) is 9.45. The molecule has 3 nitrogen and oxygen atoms in total. The van der Waals surface area contributed by atoms with E-state index in [1.807, 2.05) is 43.5 Å². The van der Waals surface area contributed by atoms with Crippen LogP contribution in [0.2, 0.25) is 5.02 Å². The van der Waals surface area contributed by atoms with Crippen molar-refractivity contribution in [3.63, 3.8) is 0 Å². The maximum Gasteiger partial charge on any atom is 0.255 e. The molecule has 0 radical (unpaired) electrons. The Bertz CT molecular complexity index is 872. The molecule has 4 bridgehead atoms. The number of pyridine rings is 1. The predicted molar refractivity (Wildman–Crippen MR) is 108 cm³/mol. The molecule has 1 N–H and O–H groups in total. The van der Waals surface area contributed by atoms with Crippen molar-refractivity contribution >= 4 is 23.2 Å². The highest BCUT2D eigenvalue weighted by Gasteiger charge is 2.52. The van der Waals surface area contributed by atoms with Crippen molar-refractivity contribution < 1.29 is 4.79 Å². The van der Waals surface area contributed by atoms with E-state index in [4.69, 9.17) is 16.6 Å². The lowest BCUT2D eigenvalue weighted by molar-refractivity contribution is -0.00721. The van der Waals surface area contributed by atoms with Crippen molar-refractivity contribution in [2.24, 2.45) is 17.8 Å². The summed E-state index contributed by atoms with van der Waals surface area (Å²) in [6.45, 7) is 1.92. The molecule has 0 unspecified atom stereocenters. The second-order valence-corrected chi connectivity index (χ2v) is 9.40. The van der Waals surface area contributed by atoms with E-state index < -0.39 is 0 Å². The molecule has 4 aliphatic carbocycles. The number of nitrogens with zero attached hydrogens (tertiary/aromatic N) is 1. The van der Waals surface area contributed by atoms with Gasteiger partial charge in [-0.15, -0.1) is 0 Å². The lowest BCUT2D eigenvalue weighted by Crippen LogP contribution is -2.49. The van der Waals surface area contributed by atoms with Gasteiger partial charge in [-0.1, -0.05) is 17.7 Å². The molecule has 0 spiro atoms. The zero-order valence-corrected chi connectivity index (χ0v) is 16.4. The number of hydrogen-bond donors (Lipinski definition) is 1. The molecule has 1 amide bonds. The smallest absolute Gasteiger partial charge is 0.255 e. The molecule has 4 saturated carbocycles. The van der Waals surface area contributed by atoms with Crippen LogP contribution in [0.5, 0.6) is 0 Å². The van der Waals surface area contributed by atoms with Gasteiger partial charge < -0.3 is 5.32 Å². The van der Waals surface area contributed by atoms with Crippen LogP contribution in [0.25, 0.3) is 0 Å². The van der Waals surface area contributed by atoms with E-state index in [0.29, 0.717) is 10.6 Å². The van der Waals surface area contributed by atoms with E-state index in [1.54, 1.807) is 0 Å². The van der Waals surface area contributed by atoms with Crippen LogP contribution in [0.15, 0.2) is 36.5 Å². The Morgan fingerprint density at radius 3 is 2.44 bits per heavy atom. The van der Waals surface area contributed by atoms with Crippen LogP contribution in [-0.4, -0.2) is 10.9 Å². The van der Waals surface area contributed by atoms with Gasteiger partial charge in [-0.3, -0.25) is 9.78 Å². The van der Waals surface area contributed by atoms with Gasteiger partial charge in [0.15, 0.2) is 0 Å². The number of nitrogens with one attached hydrogen (secondary N) is 1. The number of halogens is 1. The SMILES string of the molecule is Cc1c(Cl)cccc1NC(=O)c1ccnc(C23CC4CC(CC(C4)C2)C3)c1. The van der Waals surface area contributed by atoms with Crippen molar-refractivity contribution in [3.8, 4) is 0 Å². The fraction of sp³-hybridized carbons (Fsp3) is 0.478. The average Bonchev–Trinajstić information content (AvgIpc) is 2.64. The maximum atomic E-state index is 12.9. The van der Waals surface area contributed by atoms with Gasteiger partial charge >= 0.3 is 0 Å². The summed E-state index contributed by atoms with van der Waals surface area (Å²) >= 11 is 6.18. The average molecular weight is 381 g/mol. The monoisotopic (exact) mass is 380 g/mol. The predicted octanol–water partition coefficient (Wildman–Crippen LogP) is 5.76. The van der Waals surface area contributed by atoms with E-state index >= 15 is 0 Å². The van der Waals surface area contributed by atoms with Crippen LogP contribution < -0.4 is 5.32 Å². The van der Waals surface area contributed by atoms with Crippen LogP contribution in [-0.2, 0) is 5.41 Å². The molecule has 0 aliphatic heterocycles. The van der Waals surface area contributed by atoms with Gasteiger partial charge in [-0.25, -0.2) is 0 Å². The first-order chi connectivity index (χ1) is 13.0. The van der Waals surface area contributed by atoms with Gasteiger partial charge in [0, 0.05) is 33.6 Å². The van der Waals surface area contributed by atoms with Crippen LogP contribution >= 0.6 is 11.6 Å². The molecule has 2 aromatic rings. The molecule has 4 heteroatoms. The van der Waals surface area contributed by atoms with Crippen molar-refractivity contribution in [2.45, 2.75) is 50.9 Å². The fourth-order valence-electron chi connectivity index (χ4n) is 6.22. The van der Waals surface area contributed by atoms with Crippen molar-refractivity contribution in [1.82, 2.24) is 4.98 Å². The molecule has 0 saturated heterocycles. The van der Waals surface area contributed by atoms with E-state index in [0.717, 1.165) is 34.7 Å². The fourth-order valence-corrected chi connectivity index (χ4v) is 6.40. The van der Waals surface area contributed by atoms with E-state index in [1.165, 1.54) is 38.5 Å². The van der Waals surface area contributed by atoms with E-state index in [2.05, 4.69) is 5.32 Å². The minimum absolute atomic E-state index is 0.0891. The van der Waals surface area contributed by atoms with Gasteiger partial charge in [-0.2, -0.15) is 0 Å². The van der Waals surface area contributed by atoms with Crippen LogP contribution in [0.4, 0.5) is 5.69 Å². The summed E-state index contributed by atoms with van der Waals surface area (Å²) in [5, 5.41) is 3.68. The molecule has 1 heterocycles. The Hall–Kier alpha value is -1.87. The third-order valence-corrected chi connectivity index (χ3v) is 7.53. The van der Waals surface area contributed by atoms with Gasteiger partial charge in [0.25, 0.3) is 5.91 Å². The number of rotatable bonds is 3. The Morgan fingerprint density at radius 1 is 1.11 bits per heavy atom. The first-order valence-electron chi connectivity index (χ1n) is 10.1. The summed E-state index contributed by atoms with van der Waals surface area (Å²) in [5.41, 5.74) is 3.69. The highest BCUT2D eigenvalue weighted by molar-refractivity contribution is 6.31. The topological polar surface area (TPSA) is 42.0 Å². The van der Waals surface area contributed by atoms with Crippen LogP contribution in [0.1, 0.15) is 60.1 Å². The highest BCUT2D eigenvalue weighted by Crippen LogP contribution is 2.60. The normalized spacial score (nSPS) is 31.1. The number of amides is 1. The summed E-state index contributed by atoms with van der Waals surface area (Å²) in [6.07, 6.45) is 9.81. The molecule has 27 heavy (non-hydrogen) atoms. The van der Waals surface area contributed by atoms with Gasteiger partial charge in [0.05, 0.1) is 0 Å². The first kappa shape index (κ1) is 17.2. The molecule has 0 atom stereocenters. The van der Waals surface area contributed by atoms with Crippen molar-refractivity contribution in [1.29, 1.82) is 0 Å². The molecular formula is C23H25ClN2O. The van der Waals surface area contributed by atoms with Gasteiger partial charge in [0.1, 0.15) is 0 Å². The Balaban J connectivity index is 1.42. The Kier molecular flexibility index (Phi) is 4.05. The number of anilines is 1. The Morgan fingerprint density at radius 2 is 1.78 bits per heavy atom. The summed E-state index contributed by atoms with van der Waals surface area (Å²) in [4.78, 5) is 17.6. The van der Waals surface area contributed by atoms with Crippen molar-refractivity contribution in [2.75, 3.05) is 5.32 Å². The minimum Gasteiger partial charge on any atom is -0.322 e. The molecule has 1 aromatic heterocycles. The molecule has 1 aromatic carbocycles. The van der Waals surface area contributed by atoms with E-state index in [9.17, 15) is 4.79 Å². The number of aromatic nitrogens is 1. The van der Waals surface area contributed by atoms with Crippen molar-refractivity contribution in [3.05, 3.63) is 58.4 Å². The second kappa shape index (κ2) is 6.34. The summed E-state index contributed by atoms with van der Waals surface area (Å²) in [7, 11) is 0. The Labute approximate surface area is 165 Å². The molecule has 4 aliphatic rings. The molecule has 140 valence electrons. The molecule has 4 fully saturated rings. The summed E-state index contributed by atoms with van der Waals surface area (Å²) < 4.78 is 0. The van der Waals surface area contributed by atoms with E-state index in [-0.39, 0.29) is 11.3 Å². The number of hydrogen-bond acceptors (Lipinski definition) is 2. The zero-order chi connectivity index (χ0) is 18.6. The lowest BCUT2D eigenvalue weighted by atomic mass is 9.48. The standard InChI is InChI=1S/C23H25ClN2O/c1-14-19(24)3-2-4-20(14)26-22(27)18-5-6-25-21(10-18)23-11-15-7-16(12-23)9-17(8-15)13-23/h2-6,10,15-17H,7-9,11-13H2,1H3,(H,26,27). The second-order valence-electron chi connectivity index (χ2n) is 8.99. The van der Waals surface area contributed by atoms with Crippen LogP contribution in [0, 0.1) is 24.7 Å². The largest absolute Gasteiger partial charge is 0.322 e. The van der Waals surface area contributed by atoms with Gasteiger partial charge in [0.2, 0.25) is 0 Å². The highest BCUT2D eigenvalue weighted by atomic mass is 35.5. The first-order valence-corrected chi connectivity index (χ1v) is 10.4. The number of carbonyl (C=O) groups excluding carboxylic acids is 1. The third-order valence-electron chi connectivity index (χ3n) is 7.12. The lowest BCUT2D eigenvalue weighted by Gasteiger charge is -2.56. The van der Waals surface area contributed by atoms with Crippen LogP contribution in [0.3, 0.4) is 0 Å². The number of benzene rings is 1. The van der Waals surface area contributed by atoms with Gasteiger partial charge in [-0.05, 0) is 93.0 Å². The quantitative estimate of drug-likeness (QED) is 0.735. The third kappa shape index (κ3) is 2.97. The maximum absolute atomic E-state index is 12.9. The summed E-state index contributed by atoms with van der Waals surface area (Å²) in [5.74, 6) is 2.51. The molecule has 6 rings (SSSR count). The molecular weight excluding hydrogens is 356 g/mol. The zero-order valence-electron chi connectivity index (χ0n) is 15.7. The number of carbonyl (C=O) groups is 1.